The highest BCUT2D eigenvalue weighted by Gasteiger charge is 2.09. The molecule has 0 saturated heterocycles. The van der Waals surface area contributed by atoms with E-state index in [1.54, 1.807) is 29.8 Å². The lowest BCUT2D eigenvalue weighted by atomic mass is 10.3. The molecule has 96 valence electrons. The first-order valence-corrected chi connectivity index (χ1v) is 7.22. The number of hydrogen-bond donors (Lipinski definition) is 0. The van der Waals surface area contributed by atoms with Crippen LogP contribution in [0, 0.1) is 0 Å². The third kappa shape index (κ3) is 2.66. The summed E-state index contributed by atoms with van der Waals surface area (Å²) < 4.78 is 2.04. The highest BCUT2D eigenvalue weighted by Crippen LogP contribution is 2.25. The fourth-order valence-electron chi connectivity index (χ4n) is 1.80. The Bertz CT molecular complexity index is 692. The van der Waals surface area contributed by atoms with Gasteiger partial charge in [-0.25, -0.2) is 9.97 Å². The minimum atomic E-state index is 0.401. The van der Waals surface area contributed by atoms with Gasteiger partial charge in [-0.3, -0.25) is 0 Å². The van der Waals surface area contributed by atoms with E-state index in [0.717, 1.165) is 16.3 Å². The summed E-state index contributed by atoms with van der Waals surface area (Å²) in [5.74, 6) is 0.931. The van der Waals surface area contributed by atoms with Gasteiger partial charge in [0.05, 0.1) is 16.4 Å². The summed E-state index contributed by atoms with van der Waals surface area (Å²) in [7, 11) is 0. The zero-order chi connectivity index (χ0) is 13.2. The van der Waals surface area contributed by atoms with Crippen molar-refractivity contribution in [3.05, 3.63) is 57.9 Å². The van der Waals surface area contributed by atoms with Gasteiger partial charge in [0, 0.05) is 24.2 Å². The molecule has 3 aromatic rings. The Balaban J connectivity index is 1.94. The van der Waals surface area contributed by atoms with Gasteiger partial charge in [-0.05, 0) is 17.5 Å². The van der Waals surface area contributed by atoms with E-state index in [4.69, 9.17) is 23.2 Å². The molecule has 0 spiro atoms. The quantitative estimate of drug-likeness (QED) is 0.673. The normalized spacial score (nSPS) is 10.8. The van der Waals surface area contributed by atoms with Crippen LogP contribution < -0.4 is 0 Å². The van der Waals surface area contributed by atoms with Crippen LogP contribution in [-0.4, -0.2) is 14.5 Å². The molecule has 0 saturated carbocycles. The molecule has 3 nitrogen and oxygen atoms in total. The van der Waals surface area contributed by atoms with E-state index in [2.05, 4.69) is 9.97 Å². The van der Waals surface area contributed by atoms with Crippen molar-refractivity contribution in [1.82, 2.24) is 14.5 Å². The molecule has 3 aromatic heterocycles. The first kappa shape index (κ1) is 12.7. The van der Waals surface area contributed by atoms with Crippen molar-refractivity contribution in [3.63, 3.8) is 0 Å². The third-order valence-electron chi connectivity index (χ3n) is 2.69. The SMILES string of the molecule is Clc1cc(Cl)c(Cn2ccnc2-c2cccs2)cn1. The molecule has 0 unspecified atom stereocenters. The molecule has 0 aromatic carbocycles. The van der Waals surface area contributed by atoms with Crippen LogP contribution in [0.3, 0.4) is 0 Å². The van der Waals surface area contributed by atoms with Gasteiger partial charge in [0.1, 0.15) is 11.0 Å². The number of pyridine rings is 1. The molecule has 3 rings (SSSR count). The molecule has 19 heavy (non-hydrogen) atoms. The van der Waals surface area contributed by atoms with E-state index in [1.165, 1.54) is 0 Å². The Hall–Kier alpha value is -1.36. The standard InChI is InChI=1S/C13H9Cl2N3S/c14-10-6-12(15)17-7-9(10)8-18-4-3-16-13(18)11-2-1-5-19-11/h1-7H,8H2. The summed E-state index contributed by atoms with van der Waals surface area (Å²) >= 11 is 13.6. The largest absolute Gasteiger partial charge is 0.326 e. The molecule has 0 aliphatic heterocycles. The molecule has 0 amide bonds. The molecule has 0 N–H and O–H groups in total. The zero-order valence-corrected chi connectivity index (χ0v) is 12.1. The predicted molar refractivity (Wildman–Crippen MR) is 78.9 cm³/mol. The maximum Gasteiger partial charge on any atom is 0.150 e. The average Bonchev–Trinajstić information content (AvgIpc) is 3.03. The first-order valence-electron chi connectivity index (χ1n) is 5.59. The minimum absolute atomic E-state index is 0.401. The summed E-state index contributed by atoms with van der Waals surface area (Å²) in [5, 5.41) is 3.05. The van der Waals surface area contributed by atoms with Gasteiger partial charge >= 0.3 is 0 Å². The minimum Gasteiger partial charge on any atom is -0.326 e. The Morgan fingerprint density at radius 1 is 1.26 bits per heavy atom. The monoisotopic (exact) mass is 309 g/mol. The van der Waals surface area contributed by atoms with Crippen LogP contribution in [0.2, 0.25) is 10.2 Å². The number of nitrogens with zero attached hydrogens (tertiary/aromatic N) is 3. The number of halogens is 2. The number of hydrogen-bond acceptors (Lipinski definition) is 3. The molecule has 0 aliphatic carbocycles. The lowest BCUT2D eigenvalue weighted by Gasteiger charge is -2.08. The molecular weight excluding hydrogens is 301 g/mol. The number of aromatic nitrogens is 3. The van der Waals surface area contributed by atoms with E-state index < -0.39 is 0 Å². The molecule has 0 fully saturated rings. The number of rotatable bonds is 3. The van der Waals surface area contributed by atoms with E-state index in [1.807, 2.05) is 28.3 Å². The topological polar surface area (TPSA) is 30.7 Å². The summed E-state index contributed by atoms with van der Waals surface area (Å²) in [6.45, 7) is 0.621. The zero-order valence-electron chi connectivity index (χ0n) is 9.75. The van der Waals surface area contributed by atoms with Crippen LogP contribution in [0.15, 0.2) is 42.2 Å². The number of thiophene rings is 1. The van der Waals surface area contributed by atoms with Crippen LogP contribution in [-0.2, 0) is 6.54 Å². The smallest absolute Gasteiger partial charge is 0.150 e. The van der Waals surface area contributed by atoms with Gasteiger partial charge in [0.2, 0.25) is 0 Å². The second-order valence-corrected chi connectivity index (χ2v) is 5.70. The van der Waals surface area contributed by atoms with Gasteiger partial charge in [-0.15, -0.1) is 11.3 Å². The highest BCUT2D eigenvalue weighted by atomic mass is 35.5. The molecule has 0 aliphatic rings. The molecule has 3 heterocycles. The summed E-state index contributed by atoms with van der Waals surface area (Å²) in [6, 6.07) is 5.71. The fraction of sp³-hybridized carbons (Fsp3) is 0.0769. The molecule has 0 bridgehead atoms. The number of imidazole rings is 1. The first-order chi connectivity index (χ1) is 9.24. The second kappa shape index (κ2) is 5.33. The van der Waals surface area contributed by atoms with Crippen molar-refractivity contribution < 1.29 is 0 Å². The van der Waals surface area contributed by atoms with Crippen molar-refractivity contribution in [2.75, 3.05) is 0 Å². The van der Waals surface area contributed by atoms with Gasteiger partial charge in [-0.2, -0.15) is 0 Å². The lowest BCUT2D eigenvalue weighted by Crippen LogP contribution is -2.01. The molecular formula is C13H9Cl2N3S. The van der Waals surface area contributed by atoms with Crippen molar-refractivity contribution in [1.29, 1.82) is 0 Å². The summed E-state index contributed by atoms with van der Waals surface area (Å²) in [4.78, 5) is 9.58. The van der Waals surface area contributed by atoms with E-state index >= 15 is 0 Å². The van der Waals surface area contributed by atoms with Crippen molar-refractivity contribution in [2.45, 2.75) is 6.54 Å². The molecule has 0 atom stereocenters. The van der Waals surface area contributed by atoms with Crippen molar-refractivity contribution in [3.8, 4) is 10.7 Å². The molecule has 0 radical (unpaired) electrons. The van der Waals surface area contributed by atoms with Crippen LogP contribution >= 0.6 is 34.5 Å². The highest BCUT2D eigenvalue weighted by molar-refractivity contribution is 7.13. The Morgan fingerprint density at radius 2 is 2.16 bits per heavy atom. The van der Waals surface area contributed by atoms with Crippen molar-refractivity contribution >= 4 is 34.5 Å². The Morgan fingerprint density at radius 3 is 2.89 bits per heavy atom. The van der Waals surface area contributed by atoms with Crippen LogP contribution in [0.5, 0.6) is 0 Å². The van der Waals surface area contributed by atoms with Crippen LogP contribution in [0.1, 0.15) is 5.56 Å². The van der Waals surface area contributed by atoms with Gasteiger partial charge < -0.3 is 4.57 Å². The fourth-order valence-corrected chi connectivity index (χ4v) is 2.97. The summed E-state index contributed by atoms with van der Waals surface area (Å²) in [5.41, 5.74) is 0.918. The third-order valence-corrected chi connectivity index (χ3v) is 4.12. The maximum atomic E-state index is 6.17. The van der Waals surface area contributed by atoms with Crippen molar-refractivity contribution in [2.24, 2.45) is 0 Å². The average molecular weight is 310 g/mol. The molecule has 6 heteroatoms. The maximum absolute atomic E-state index is 6.17. The van der Waals surface area contributed by atoms with Gasteiger partial charge in [0.15, 0.2) is 0 Å². The van der Waals surface area contributed by atoms with Crippen LogP contribution in [0.4, 0.5) is 0 Å². The van der Waals surface area contributed by atoms with E-state index in [0.29, 0.717) is 16.7 Å². The van der Waals surface area contributed by atoms with E-state index in [9.17, 15) is 0 Å². The van der Waals surface area contributed by atoms with Gasteiger partial charge in [0.25, 0.3) is 0 Å². The van der Waals surface area contributed by atoms with Crippen LogP contribution in [0.25, 0.3) is 10.7 Å². The second-order valence-electron chi connectivity index (χ2n) is 3.95. The van der Waals surface area contributed by atoms with Gasteiger partial charge in [-0.1, -0.05) is 29.3 Å². The Labute approximate surface area is 124 Å². The lowest BCUT2D eigenvalue weighted by molar-refractivity contribution is 0.804. The summed E-state index contributed by atoms with van der Waals surface area (Å²) in [6.07, 6.45) is 5.41. The predicted octanol–water partition coefficient (Wildman–Crippen LogP) is 4.36. The Kier molecular flexibility index (Phi) is 3.55. The van der Waals surface area contributed by atoms with E-state index in [-0.39, 0.29) is 0 Å².